The van der Waals surface area contributed by atoms with E-state index in [1.165, 1.54) is 0 Å². The molecule has 0 aliphatic carbocycles. The van der Waals surface area contributed by atoms with E-state index in [9.17, 15) is 5.26 Å². The lowest BCUT2D eigenvalue weighted by molar-refractivity contribution is 0.184. The molecule has 0 unspecified atom stereocenters. The average Bonchev–Trinajstić information content (AvgIpc) is 2.80. The molecule has 35 heavy (non-hydrogen) atoms. The minimum Gasteiger partial charge on any atom is -0.490 e. The van der Waals surface area contributed by atoms with Crippen LogP contribution in [0.15, 0.2) is 46.0 Å². The summed E-state index contributed by atoms with van der Waals surface area (Å²) >= 11 is 15.8. The van der Waals surface area contributed by atoms with Gasteiger partial charge < -0.3 is 14.2 Å². The minimum absolute atomic E-state index is 0.240. The molecule has 0 atom stereocenters. The van der Waals surface area contributed by atoms with Crippen molar-refractivity contribution in [2.75, 3.05) is 19.1 Å². The Labute approximate surface area is 222 Å². The van der Waals surface area contributed by atoms with Gasteiger partial charge in [0.15, 0.2) is 17.3 Å². The van der Waals surface area contributed by atoms with Crippen molar-refractivity contribution < 1.29 is 14.2 Å². The molecule has 182 valence electrons. The van der Waals surface area contributed by atoms with Crippen molar-refractivity contribution in [1.29, 1.82) is 5.26 Å². The van der Waals surface area contributed by atoms with E-state index in [1.54, 1.807) is 25.5 Å². The van der Waals surface area contributed by atoms with Gasteiger partial charge in [-0.05, 0) is 65.7 Å². The monoisotopic (exact) mass is 576 g/mol. The number of pyridine rings is 1. The van der Waals surface area contributed by atoms with Gasteiger partial charge in [0.05, 0.1) is 23.9 Å². The maximum Gasteiger partial charge on any atom is 0.175 e. The molecule has 3 rings (SSSR count). The highest BCUT2D eigenvalue weighted by atomic mass is 79.9. The molecule has 0 amide bonds. The average molecular weight is 578 g/mol. The predicted octanol–water partition coefficient (Wildman–Crippen LogP) is 6.90. The molecule has 0 fully saturated rings. The normalized spacial score (nSPS) is 10.9. The zero-order valence-electron chi connectivity index (χ0n) is 19.4. The minimum atomic E-state index is 0.240. The number of aryl methyl sites for hydroxylation is 1. The van der Waals surface area contributed by atoms with Gasteiger partial charge >= 0.3 is 0 Å². The zero-order valence-corrected chi connectivity index (χ0v) is 22.5. The summed E-state index contributed by atoms with van der Waals surface area (Å²) < 4.78 is 17.7. The van der Waals surface area contributed by atoms with Crippen LogP contribution in [0.1, 0.15) is 34.9 Å². The highest BCUT2D eigenvalue weighted by molar-refractivity contribution is 9.10. The maximum atomic E-state index is 9.57. The Bertz CT molecular complexity index is 1280. The summed E-state index contributed by atoms with van der Waals surface area (Å²) in [4.78, 5) is 4.39. The standard InChI is InChI=1S/C25H23BrCl2N4O3/c1-4-34-23-9-16(8-21(26)24(23)35-14-17-5-6-19(27)10-22(17)28)12-30-32-25-20(11-29)18(13-33-3)7-15(2)31-25/h5-10,12H,4,13-14H2,1-3H3,(H,31,32)/b30-12-. The summed E-state index contributed by atoms with van der Waals surface area (Å²) in [5, 5.41) is 14.9. The molecule has 0 saturated heterocycles. The second kappa shape index (κ2) is 12.8. The molecule has 0 aliphatic heterocycles. The van der Waals surface area contributed by atoms with E-state index in [4.69, 9.17) is 37.4 Å². The third-order valence-corrected chi connectivity index (χ3v) is 5.92. The Morgan fingerprint density at radius 1 is 1.14 bits per heavy atom. The van der Waals surface area contributed by atoms with Crippen LogP contribution in [-0.4, -0.2) is 24.9 Å². The summed E-state index contributed by atoms with van der Waals surface area (Å²) in [5.74, 6) is 1.45. The molecule has 2 aromatic carbocycles. The number of hydrogen-bond acceptors (Lipinski definition) is 7. The van der Waals surface area contributed by atoms with Crippen molar-refractivity contribution >= 4 is 51.2 Å². The Hall–Kier alpha value is -2.83. The first-order valence-corrected chi connectivity index (χ1v) is 12.1. The highest BCUT2D eigenvalue weighted by Crippen LogP contribution is 2.37. The van der Waals surface area contributed by atoms with Gasteiger partial charge in [0.1, 0.15) is 18.2 Å². The van der Waals surface area contributed by atoms with E-state index in [-0.39, 0.29) is 6.61 Å². The lowest BCUT2D eigenvalue weighted by Crippen LogP contribution is -2.04. The van der Waals surface area contributed by atoms with Crippen LogP contribution in [0.5, 0.6) is 11.5 Å². The molecule has 0 radical (unpaired) electrons. The van der Waals surface area contributed by atoms with Gasteiger partial charge in [-0.25, -0.2) is 4.98 Å². The second-order valence-electron chi connectivity index (χ2n) is 7.35. The van der Waals surface area contributed by atoms with Gasteiger partial charge in [-0.2, -0.15) is 10.4 Å². The molecule has 1 aromatic heterocycles. The van der Waals surface area contributed by atoms with Gasteiger partial charge in [-0.3, -0.25) is 5.43 Å². The molecular weight excluding hydrogens is 555 g/mol. The number of aromatic nitrogens is 1. The number of nitrogens with one attached hydrogen (secondary N) is 1. The van der Waals surface area contributed by atoms with Crippen molar-refractivity contribution in [2.24, 2.45) is 5.10 Å². The first-order valence-electron chi connectivity index (χ1n) is 10.6. The number of rotatable bonds is 10. The first kappa shape index (κ1) is 26.8. The summed E-state index contributed by atoms with van der Waals surface area (Å²) in [7, 11) is 1.58. The molecule has 0 spiro atoms. The molecule has 0 bridgehead atoms. The van der Waals surface area contributed by atoms with Crippen LogP contribution in [0.25, 0.3) is 0 Å². The SMILES string of the molecule is CCOc1cc(/C=N\Nc2nc(C)cc(COC)c2C#N)cc(Br)c1OCc1ccc(Cl)cc1Cl. The number of ether oxygens (including phenoxy) is 3. The van der Waals surface area contributed by atoms with Gasteiger partial charge in [0.2, 0.25) is 0 Å². The fourth-order valence-corrected chi connectivity index (χ4v) is 4.28. The number of anilines is 1. The number of halogens is 3. The lowest BCUT2D eigenvalue weighted by atomic mass is 10.1. The van der Waals surface area contributed by atoms with Crippen LogP contribution in [0.2, 0.25) is 10.0 Å². The van der Waals surface area contributed by atoms with E-state index in [1.807, 2.05) is 38.1 Å². The molecule has 3 aromatic rings. The first-order chi connectivity index (χ1) is 16.9. The maximum absolute atomic E-state index is 9.57. The molecule has 10 heteroatoms. The molecule has 1 N–H and O–H groups in total. The third kappa shape index (κ3) is 7.09. The highest BCUT2D eigenvalue weighted by Gasteiger charge is 2.14. The molecular formula is C25H23BrCl2N4O3. The van der Waals surface area contributed by atoms with Crippen LogP contribution in [-0.2, 0) is 18.0 Å². The number of methoxy groups -OCH3 is 1. The van der Waals surface area contributed by atoms with Crippen LogP contribution >= 0.6 is 39.1 Å². The third-order valence-electron chi connectivity index (χ3n) is 4.74. The van der Waals surface area contributed by atoms with Crippen LogP contribution in [0.3, 0.4) is 0 Å². The molecule has 0 aliphatic rings. The predicted molar refractivity (Wildman–Crippen MR) is 142 cm³/mol. The zero-order chi connectivity index (χ0) is 25.4. The molecule has 0 saturated carbocycles. The topological polar surface area (TPSA) is 88.8 Å². The van der Waals surface area contributed by atoms with E-state index in [2.05, 4.69) is 37.5 Å². The van der Waals surface area contributed by atoms with Gasteiger partial charge in [-0.15, -0.1) is 0 Å². The number of benzene rings is 2. The summed E-state index contributed by atoms with van der Waals surface area (Å²) in [5.41, 5.74) is 6.28. The van der Waals surface area contributed by atoms with Crippen molar-refractivity contribution in [1.82, 2.24) is 4.98 Å². The van der Waals surface area contributed by atoms with Gasteiger partial charge in [-0.1, -0.05) is 29.3 Å². The Balaban J connectivity index is 1.82. The Kier molecular flexibility index (Phi) is 9.75. The summed E-state index contributed by atoms with van der Waals surface area (Å²) in [6.45, 7) is 4.73. The summed E-state index contributed by atoms with van der Waals surface area (Å²) in [6, 6.07) is 12.9. The van der Waals surface area contributed by atoms with Crippen molar-refractivity contribution in [3.63, 3.8) is 0 Å². The summed E-state index contributed by atoms with van der Waals surface area (Å²) in [6.07, 6.45) is 1.61. The van der Waals surface area contributed by atoms with Crippen molar-refractivity contribution in [3.05, 3.63) is 78.9 Å². The van der Waals surface area contributed by atoms with Crippen LogP contribution in [0.4, 0.5) is 5.82 Å². The Morgan fingerprint density at radius 2 is 1.94 bits per heavy atom. The largest absolute Gasteiger partial charge is 0.490 e. The Morgan fingerprint density at radius 3 is 2.63 bits per heavy atom. The van der Waals surface area contributed by atoms with E-state index < -0.39 is 0 Å². The second-order valence-corrected chi connectivity index (χ2v) is 9.05. The van der Waals surface area contributed by atoms with E-state index in [0.717, 1.165) is 22.4 Å². The molecule has 7 nitrogen and oxygen atoms in total. The fourth-order valence-electron chi connectivity index (χ4n) is 3.24. The van der Waals surface area contributed by atoms with Gasteiger partial charge in [0, 0.05) is 34.0 Å². The quantitative estimate of drug-likeness (QED) is 0.208. The van der Waals surface area contributed by atoms with E-state index in [0.29, 0.717) is 50.6 Å². The lowest BCUT2D eigenvalue weighted by Gasteiger charge is -2.15. The fraction of sp³-hybridized carbons (Fsp3) is 0.240. The smallest absolute Gasteiger partial charge is 0.175 e. The van der Waals surface area contributed by atoms with E-state index >= 15 is 0 Å². The van der Waals surface area contributed by atoms with Crippen molar-refractivity contribution in [2.45, 2.75) is 27.1 Å². The molecule has 1 heterocycles. The van der Waals surface area contributed by atoms with Gasteiger partial charge in [0.25, 0.3) is 0 Å². The number of hydrogen-bond donors (Lipinski definition) is 1. The van der Waals surface area contributed by atoms with Crippen LogP contribution in [0, 0.1) is 18.3 Å². The number of nitrogens with zero attached hydrogens (tertiary/aromatic N) is 3. The number of hydrazone groups is 1. The van der Waals surface area contributed by atoms with Crippen molar-refractivity contribution in [3.8, 4) is 17.6 Å². The number of nitriles is 1. The van der Waals surface area contributed by atoms with Crippen LogP contribution < -0.4 is 14.9 Å².